The number of hydrogen-bond acceptors (Lipinski definition) is 4. The second kappa shape index (κ2) is 14.3. The largest absolute Gasteiger partial charge is 0.416 e. The Bertz CT molecular complexity index is 1490. The summed E-state index contributed by atoms with van der Waals surface area (Å²) >= 11 is 12.2. The first-order valence-corrected chi connectivity index (χ1v) is 15.5. The Kier molecular flexibility index (Phi) is 11.3. The minimum absolute atomic E-state index is 0.0961. The quantitative estimate of drug-likeness (QED) is 0.264. The van der Waals surface area contributed by atoms with Gasteiger partial charge in [-0.2, -0.15) is 13.2 Å². The molecule has 1 atom stereocenters. The van der Waals surface area contributed by atoms with Crippen molar-refractivity contribution in [2.24, 2.45) is 0 Å². The van der Waals surface area contributed by atoms with Gasteiger partial charge in [0.15, 0.2) is 0 Å². The van der Waals surface area contributed by atoms with Crippen LogP contribution in [-0.2, 0) is 38.8 Å². The Morgan fingerprint density at radius 3 is 2.17 bits per heavy atom. The maximum absolute atomic E-state index is 14.0. The SMILES string of the molecule is CCCNC(=O)C(Cc1ccccc1)N(Cc1ccc(Cl)cc1)C(=O)CN(c1cc(C(F)(F)F)ccc1Cl)S(C)(=O)=O. The van der Waals surface area contributed by atoms with Crippen LogP contribution >= 0.6 is 23.2 Å². The molecule has 0 fully saturated rings. The molecule has 2 amide bonds. The monoisotopic (exact) mass is 643 g/mol. The van der Waals surface area contributed by atoms with Gasteiger partial charge >= 0.3 is 6.18 Å². The minimum Gasteiger partial charge on any atom is -0.354 e. The van der Waals surface area contributed by atoms with Crippen LogP contribution in [0.4, 0.5) is 18.9 Å². The molecule has 0 saturated heterocycles. The van der Waals surface area contributed by atoms with Crippen molar-refractivity contribution in [2.45, 2.75) is 38.5 Å². The number of benzene rings is 3. The summed E-state index contributed by atoms with van der Waals surface area (Å²) < 4.78 is 66.7. The van der Waals surface area contributed by atoms with E-state index >= 15 is 0 Å². The number of hydrogen-bond donors (Lipinski definition) is 1. The fourth-order valence-electron chi connectivity index (χ4n) is 4.18. The zero-order valence-corrected chi connectivity index (χ0v) is 25.2. The van der Waals surface area contributed by atoms with Crippen molar-refractivity contribution in [3.8, 4) is 0 Å². The van der Waals surface area contributed by atoms with Gasteiger partial charge in [0.05, 0.1) is 22.5 Å². The summed E-state index contributed by atoms with van der Waals surface area (Å²) in [6.45, 7) is 1.19. The van der Waals surface area contributed by atoms with Crippen LogP contribution < -0.4 is 9.62 Å². The molecule has 0 radical (unpaired) electrons. The average molecular weight is 645 g/mol. The number of carbonyl (C=O) groups is 2. The fourth-order valence-corrected chi connectivity index (χ4v) is 5.43. The highest BCUT2D eigenvalue weighted by Crippen LogP contribution is 2.36. The summed E-state index contributed by atoms with van der Waals surface area (Å²) in [7, 11) is -4.31. The number of halogens is 5. The third-order valence-electron chi connectivity index (χ3n) is 6.31. The zero-order chi connectivity index (χ0) is 31.1. The molecule has 226 valence electrons. The topological polar surface area (TPSA) is 86.8 Å². The molecular weight excluding hydrogens is 614 g/mol. The van der Waals surface area contributed by atoms with Crippen LogP contribution in [0.3, 0.4) is 0 Å². The number of nitrogens with zero attached hydrogens (tertiary/aromatic N) is 2. The molecule has 0 aliphatic heterocycles. The van der Waals surface area contributed by atoms with Crippen molar-refractivity contribution < 1.29 is 31.2 Å². The number of carbonyl (C=O) groups excluding carboxylic acids is 2. The van der Waals surface area contributed by atoms with Crippen LogP contribution in [0.2, 0.25) is 10.0 Å². The van der Waals surface area contributed by atoms with E-state index in [1.54, 1.807) is 54.6 Å². The van der Waals surface area contributed by atoms with Crippen molar-refractivity contribution in [1.82, 2.24) is 10.2 Å². The average Bonchev–Trinajstić information content (AvgIpc) is 2.93. The van der Waals surface area contributed by atoms with Crippen molar-refractivity contribution >= 4 is 50.7 Å². The van der Waals surface area contributed by atoms with E-state index in [4.69, 9.17) is 23.2 Å². The third kappa shape index (κ3) is 9.11. The molecule has 0 heterocycles. The van der Waals surface area contributed by atoms with Gasteiger partial charge < -0.3 is 10.2 Å². The first kappa shape index (κ1) is 33.2. The molecule has 3 rings (SSSR count). The lowest BCUT2D eigenvalue weighted by atomic mass is 10.0. The van der Waals surface area contributed by atoms with Crippen LogP contribution in [0.5, 0.6) is 0 Å². The molecular formula is C29H30Cl2F3N3O4S. The lowest BCUT2D eigenvalue weighted by Crippen LogP contribution is -2.53. The normalized spacial score (nSPS) is 12.5. The Morgan fingerprint density at radius 2 is 1.60 bits per heavy atom. The van der Waals surface area contributed by atoms with E-state index < -0.39 is 51.9 Å². The van der Waals surface area contributed by atoms with Crippen LogP contribution in [0.25, 0.3) is 0 Å². The number of sulfonamides is 1. The van der Waals surface area contributed by atoms with Crippen LogP contribution in [0.1, 0.15) is 30.0 Å². The van der Waals surface area contributed by atoms with E-state index in [2.05, 4.69) is 5.32 Å². The number of alkyl halides is 3. The Balaban J connectivity index is 2.09. The van der Waals surface area contributed by atoms with Gasteiger partial charge in [0, 0.05) is 24.5 Å². The number of anilines is 1. The summed E-state index contributed by atoms with van der Waals surface area (Å²) in [5.74, 6) is -1.29. The van der Waals surface area contributed by atoms with Crippen LogP contribution in [0.15, 0.2) is 72.8 Å². The highest BCUT2D eigenvalue weighted by atomic mass is 35.5. The van der Waals surface area contributed by atoms with Gasteiger partial charge in [0.2, 0.25) is 21.8 Å². The molecule has 13 heteroatoms. The van der Waals surface area contributed by atoms with Gasteiger partial charge in [-0.25, -0.2) is 8.42 Å². The van der Waals surface area contributed by atoms with Gasteiger partial charge in [-0.3, -0.25) is 13.9 Å². The second-order valence-electron chi connectivity index (χ2n) is 9.58. The summed E-state index contributed by atoms with van der Waals surface area (Å²) in [5, 5.41) is 2.95. The molecule has 0 aliphatic carbocycles. The van der Waals surface area contributed by atoms with Gasteiger partial charge in [-0.05, 0) is 47.9 Å². The molecule has 1 unspecified atom stereocenters. The molecule has 0 aromatic heterocycles. The molecule has 0 bridgehead atoms. The van der Waals surface area contributed by atoms with E-state index in [0.29, 0.717) is 33.9 Å². The van der Waals surface area contributed by atoms with Crippen LogP contribution in [-0.4, -0.2) is 50.5 Å². The van der Waals surface area contributed by atoms with Gasteiger partial charge in [0.25, 0.3) is 0 Å². The van der Waals surface area contributed by atoms with Crippen molar-refractivity contribution in [3.05, 3.63) is 99.5 Å². The van der Waals surface area contributed by atoms with Crippen molar-refractivity contribution in [2.75, 3.05) is 23.7 Å². The Morgan fingerprint density at radius 1 is 0.952 bits per heavy atom. The predicted octanol–water partition coefficient (Wildman–Crippen LogP) is 5.94. The molecule has 1 N–H and O–H groups in total. The van der Waals surface area contributed by atoms with Crippen LogP contribution in [0, 0.1) is 0 Å². The molecule has 3 aromatic carbocycles. The van der Waals surface area contributed by atoms with Crippen molar-refractivity contribution in [3.63, 3.8) is 0 Å². The summed E-state index contributed by atoms with van der Waals surface area (Å²) in [6, 6.07) is 16.6. The molecule has 0 aliphatic rings. The standard InChI is InChI=1S/C29H30Cl2F3N3O4S/c1-3-15-35-28(39)26(16-20-7-5-4-6-8-20)36(18-21-9-12-23(30)13-10-21)27(38)19-37(42(2,40)41)25-17-22(29(32,33)34)11-14-24(25)31/h4-14,17,26H,3,15-16,18-19H2,1-2H3,(H,35,39). The van der Waals surface area contributed by atoms with E-state index in [1.807, 2.05) is 6.92 Å². The first-order chi connectivity index (χ1) is 19.7. The maximum Gasteiger partial charge on any atom is 0.416 e. The van der Waals surface area contributed by atoms with E-state index in [9.17, 15) is 31.2 Å². The Hall–Kier alpha value is -3.28. The smallest absolute Gasteiger partial charge is 0.354 e. The minimum atomic E-state index is -4.79. The highest BCUT2D eigenvalue weighted by molar-refractivity contribution is 7.92. The van der Waals surface area contributed by atoms with E-state index in [-0.39, 0.29) is 18.0 Å². The highest BCUT2D eigenvalue weighted by Gasteiger charge is 2.35. The third-order valence-corrected chi connectivity index (χ3v) is 8.01. The summed E-state index contributed by atoms with van der Waals surface area (Å²) in [4.78, 5) is 28.7. The van der Waals surface area contributed by atoms with Gasteiger partial charge in [-0.15, -0.1) is 0 Å². The Labute approximate surface area is 253 Å². The molecule has 0 spiro atoms. The number of amides is 2. The maximum atomic E-state index is 14.0. The number of rotatable bonds is 12. The van der Waals surface area contributed by atoms with Gasteiger partial charge in [0.1, 0.15) is 12.6 Å². The van der Waals surface area contributed by atoms with Crippen molar-refractivity contribution in [1.29, 1.82) is 0 Å². The fraction of sp³-hybridized carbons (Fsp3) is 0.310. The summed E-state index contributed by atoms with van der Waals surface area (Å²) in [5.41, 5.74) is -0.313. The number of nitrogens with one attached hydrogen (secondary N) is 1. The molecule has 42 heavy (non-hydrogen) atoms. The summed E-state index contributed by atoms with van der Waals surface area (Å²) in [6.07, 6.45) is -3.30. The lowest BCUT2D eigenvalue weighted by molar-refractivity contribution is -0.140. The zero-order valence-electron chi connectivity index (χ0n) is 22.9. The first-order valence-electron chi connectivity index (χ1n) is 12.9. The van der Waals surface area contributed by atoms with E-state index in [0.717, 1.165) is 24.0 Å². The molecule has 3 aromatic rings. The van der Waals surface area contributed by atoms with Gasteiger partial charge in [-0.1, -0.05) is 72.6 Å². The predicted molar refractivity (Wildman–Crippen MR) is 158 cm³/mol. The molecule has 7 nitrogen and oxygen atoms in total. The lowest BCUT2D eigenvalue weighted by Gasteiger charge is -2.33. The second-order valence-corrected chi connectivity index (χ2v) is 12.3. The molecule has 0 saturated carbocycles. The van der Waals surface area contributed by atoms with E-state index in [1.165, 1.54) is 4.90 Å².